The average molecular weight is 279 g/mol. The Hall–Kier alpha value is -1.35. The van der Waals surface area contributed by atoms with Gasteiger partial charge in [-0.1, -0.05) is 22.9 Å². The summed E-state index contributed by atoms with van der Waals surface area (Å²) in [6, 6.07) is 9.54. The number of aldehydes is 1. The van der Waals surface area contributed by atoms with Gasteiger partial charge in [0.2, 0.25) is 0 Å². The van der Waals surface area contributed by atoms with E-state index in [1.165, 1.54) is 5.56 Å². The molecular weight excluding hydrogens is 268 g/mol. The molecule has 0 saturated heterocycles. The first-order chi connectivity index (χ1) is 7.74. The van der Waals surface area contributed by atoms with Crippen LogP contribution in [0.15, 0.2) is 39.2 Å². The van der Waals surface area contributed by atoms with Crippen molar-refractivity contribution in [2.75, 3.05) is 0 Å². The fourth-order valence-electron chi connectivity index (χ4n) is 1.66. The summed E-state index contributed by atoms with van der Waals surface area (Å²) in [4.78, 5) is 10.6. The zero-order valence-electron chi connectivity index (χ0n) is 8.87. The van der Waals surface area contributed by atoms with Crippen molar-refractivity contribution < 1.29 is 9.21 Å². The molecule has 0 saturated carbocycles. The number of halogens is 1. The fraction of sp³-hybridized carbons (Fsp3) is 0.154. The van der Waals surface area contributed by atoms with Crippen molar-refractivity contribution >= 4 is 22.2 Å². The average Bonchev–Trinajstić information content (AvgIpc) is 2.77. The summed E-state index contributed by atoms with van der Waals surface area (Å²) in [5.41, 5.74) is 2.24. The summed E-state index contributed by atoms with van der Waals surface area (Å²) in [6.45, 7) is 2.09. The standard InChI is InChI=1S/C13H11BrO2/c1-2-9-7-10(14)3-5-12(9)13-6-4-11(8-15)16-13/h3-8H,2H2,1H3. The lowest BCUT2D eigenvalue weighted by Crippen LogP contribution is -1.86. The van der Waals surface area contributed by atoms with Gasteiger partial charge in [0.05, 0.1) is 0 Å². The summed E-state index contributed by atoms with van der Waals surface area (Å²) in [5, 5.41) is 0. The van der Waals surface area contributed by atoms with Crippen LogP contribution in [-0.4, -0.2) is 6.29 Å². The van der Waals surface area contributed by atoms with Crippen LogP contribution in [-0.2, 0) is 6.42 Å². The highest BCUT2D eigenvalue weighted by Gasteiger charge is 2.08. The van der Waals surface area contributed by atoms with Crippen LogP contribution in [0, 0.1) is 0 Å². The summed E-state index contributed by atoms with van der Waals surface area (Å²) in [7, 11) is 0. The number of hydrogen-bond acceptors (Lipinski definition) is 2. The smallest absolute Gasteiger partial charge is 0.185 e. The quantitative estimate of drug-likeness (QED) is 0.792. The number of hydrogen-bond donors (Lipinski definition) is 0. The van der Waals surface area contributed by atoms with Crippen LogP contribution in [0.25, 0.3) is 11.3 Å². The minimum absolute atomic E-state index is 0.361. The van der Waals surface area contributed by atoms with Crippen LogP contribution in [0.3, 0.4) is 0 Å². The van der Waals surface area contributed by atoms with E-state index in [0.717, 1.165) is 22.2 Å². The van der Waals surface area contributed by atoms with Crippen molar-refractivity contribution in [2.45, 2.75) is 13.3 Å². The van der Waals surface area contributed by atoms with Crippen molar-refractivity contribution in [3.63, 3.8) is 0 Å². The second-order valence-electron chi connectivity index (χ2n) is 3.47. The summed E-state index contributed by atoms with van der Waals surface area (Å²) in [5.74, 6) is 1.10. The monoisotopic (exact) mass is 278 g/mol. The van der Waals surface area contributed by atoms with E-state index in [9.17, 15) is 4.79 Å². The van der Waals surface area contributed by atoms with Crippen LogP contribution < -0.4 is 0 Å². The van der Waals surface area contributed by atoms with Gasteiger partial charge in [0, 0.05) is 10.0 Å². The maximum atomic E-state index is 10.6. The molecule has 0 N–H and O–H groups in total. The molecule has 0 spiro atoms. The lowest BCUT2D eigenvalue weighted by molar-refractivity contribution is 0.110. The van der Waals surface area contributed by atoms with Crippen molar-refractivity contribution in [3.05, 3.63) is 46.1 Å². The molecule has 0 aliphatic rings. The highest BCUT2D eigenvalue weighted by Crippen LogP contribution is 2.28. The van der Waals surface area contributed by atoms with E-state index in [1.54, 1.807) is 6.07 Å². The molecule has 0 unspecified atom stereocenters. The largest absolute Gasteiger partial charge is 0.453 e. The topological polar surface area (TPSA) is 30.2 Å². The minimum Gasteiger partial charge on any atom is -0.453 e. The van der Waals surface area contributed by atoms with Gasteiger partial charge in [-0.25, -0.2) is 0 Å². The fourth-order valence-corrected chi connectivity index (χ4v) is 2.06. The number of carbonyl (C=O) groups is 1. The molecule has 0 fully saturated rings. The van der Waals surface area contributed by atoms with Gasteiger partial charge in [-0.15, -0.1) is 0 Å². The number of furan rings is 1. The number of rotatable bonds is 3. The van der Waals surface area contributed by atoms with Gasteiger partial charge in [-0.05, 0) is 42.3 Å². The normalized spacial score (nSPS) is 10.4. The zero-order valence-corrected chi connectivity index (χ0v) is 10.5. The number of aryl methyl sites for hydroxylation is 1. The van der Waals surface area contributed by atoms with Gasteiger partial charge < -0.3 is 4.42 Å². The van der Waals surface area contributed by atoms with Gasteiger partial charge in [-0.2, -0.15) is 0 Å². The molecule has 3 heteroatoms. The second-order valence-corrected chi connectivity index (χ2v) is 4.39. The Labute approximate surface area is 102 Å². The third-order valence-electron chi connectivity index (χ3n) is 2.46. The Morgan fingerprint density at radius 1 is 1.31 bits per heavy atom. The van der Waals surface area contributed by atoms with E-state index < -0.39 is 0 Å². The van der Waals surface area contributed by atoms with Gasteiger partial charge in [0.15, 0.2) is 12.0 Å². The number of carbonyl (C=O) groups excluding carboxylic acids is 1. The predicted octanol–water partition coefficient (Wildman–Crippen LogP) is 4.08. The molecule has 0 atom stereocenters. The van der Waals surface area contributed by atoms with Crippen LogP contribution >= 0.6 is 15.9 Å². The van der Waals surface area contributed by atoms with Gasteiger partial charge >= 0.3 is 0 Å². The van der Waals surface area contributed by atoms with E-state index in [1.807, 2.05) is 18.2 Å². The van der Waals surface area contributed by atoms with Crippen molar-refractivity contribution in [1.82, 2.24) is 0 Å². The van der Waals surface area contributed by atoms with Crippen molar-refractivity contribution in [1.29, 1.82) is 0 Å². The molecule has 1 aromatic heterocycles. The van der Waals surface area contributed by atoms with Gasteiger partial charge in [0.1, 0.15) is 5.76 Å². The first-order valence-corrected chi connectivity index (χ1v) is 5.87. The third kappa shape index (κ3) is 2.09. The molecule has 0 aliphatic heterocycles. The highest BCUT2D eigenvalue weighted by atomic mass is 79.9. The molecule has 82 valence electrons. The first kappa shape index (κ1) is 11.1. The molecule has 1 heterocycles. The van der Waals surface area contributed by atoms with Crippen LogP contribution in [0.5, 0.6) is 0 Å². The molecule has 2 nitrogen and oxygen atoms in total. The maximum absolute atomic E-state index is 10.6. The van der Waals surface area contributed by atoms with E-state index in [2.05, 4.69) is 28.9 Å². The Kier molecular flexibility index (Phi) is 3.25. The van der Waals surface area contributed by atoms with E-state index in [-0.39, 0.29) is 0 Å². The van der Waals surface area contributed by atoms with Gasteiger partial charge in [-0.3, -0.25) is 4.79 Å². The molecule has 0 bridgehead atoms. The highest BCUT2D eigenvalue weighted by molar-refractivity contribution is 9.10. The lowest BCUT2D eigenvalue weighted by Gasteiger charge is -2.05. The molecule has 0 aliphatic carbocycles. The SMILES string of the molecule is CCc1cc(Br)ccc1-c1ccc(C=O)o1. The number of benzene rings is 1. The molecule has 0 amide bonds. The Morgan fingerprint density at radius 2 is 2.12 bits per heavy atom. The van der Waals surface area contributed by atoms with Crippen LogP contribution in [0.1, 0.15) is 23.0 Å². The molecule has 0 radical (unpaired) electrons. The first-order valence-electron chi connectivity index (χ1n) is 5.08. The molecule has 2 rings (SSSR count). The molecular formula is C13H11BrO2. The van der Waals surface area contributed by atoms with Gasteiger partial charge in [0.25, 0.3) is 0 Å². The van der Waals surface area contributed by atoms with E-state index in [4.69, 9.17) is 4.42 Å². The Bertz CT molecular complexity index is 514. The molecule has 16 heavy (non-hydrogen) atoms. The van der Waals surface area contributed by atoms with Crippen molar-refractivity contribution in [2.24, 2.45) is 0 Å². The maximum Gasteiger partial charge on any atom is 0.185 e. The Morgan fingerprint density at radius 3 is 2.75 bits per heavy atom. The van der Waals surface area contributed by atoms with Crippen molar-refractivity contribution in [3.8, 4) is 11.3 Å². The molecule has 1 aromatic carbocycles. The third-order valence-corrected chi connectivity index (χ3v) is 2.95. The predicted molar refractivity (Wildman–Crippen MR) is 66.6 cm³/mol. The second kappa shape index (κ2) is 4.66. The van der Waals surface area contributed by atoms with Crippen LogP contribution in [0.4, 0.5) is 0 Å². The van der Waals surface area contributed by atoms with Crippen LogP contribution in [0.2, 0.25) is 0 Å². The summed E-state index contributed by atoms with van der Waals surface area (Å²) < 4.78 is 6.47. The van der Waals surface area contributed by atoms with E-state index >= 15 is 0 Å². The Balaban J connectivity index is 2.50. The molecule has 2 aromatic rings. The summed E-state index contributed by atoms with van der Waals surface area (Å²) >= 11 is 3.44. The zero-order chi connectivity index (χ0) is 11.5. The summed E-state index contributed by atoms with van der Waals surface area (Å²) in [6.07, 6.45) is 1.64. The minimum atomic E-state index is 0.361. The van der Waals surface area contributed by atoms with E-state index in [0.29, 0.717) is 12.0 Å². The lowest BCUT2D eigenvalue weighted by atomic mass is 10.0.